The van der Waals surface area contributed by atoms with Crippen molar-refractivity contribution in [1.29, 1.82) is 0 Å². The Labute approximate surface area is 152 Å². The highest BCUT2D eigenvalue weighted by atomic mass is 16.2. The Morgan fingerprint density at radius 3 is 2.27 bits per heavy atom. The van der Waals surface area contributed by atoms with Crippen LogP contribution in [0.1, 0.15) is 30.9 Å². The van der Waals surface area contributed by atoms with Gasteiger partial charge in [-0.25, -0.2) is 4.79 Å². The number of aryl methyl sites for hydroxylation is 1. The summed E-state index contributed by atoms with van der Waals surface area (Å²) in [7, 11) is 0. The van der Waals surface area contributed by atoms with Gasteiger partial charge in [0.15, 0.2) is 0 Å². The van der Waals surface area contributed by atoms with Crippen molar-refractivity contribution in [2.45, 2.75) is 31.7 Å². The van der Waals surface area contributed by atoms with Gasteiger partial charge >= 0.3 is 6.03 Å². The summed E-state index contributed by atoms with van der Waals surface area (Å²) in [6, 6.07) is 18.0. The average Bonchev–Trinajstić information content (AvgIpc) is 2.93. The van der Waals surface area contributed by atoms with Crippen LogP contribution >= 0.6 is 0 Å². The van der Waals surface area contributed by atoms with Crippen LogP contribution in [-0.4, -0.2) is 22.9 Å². The van der Waals surface area contributed by atoms with Gasteiger partial charge in [0.2, 0.25) is 5.91 Å². The molecule has 0 saturated carbocycles. The summed E-state index contributed by atoms with van der Waals surface area (Å²) < 4.78 is 0. The molecule has 0 bridgehead atoms. The highest BCUT2D eigenvalue weighted by Crippen LogP contribution is 2.31. The van der Waals surface area contributed by atoms with E-state index in [0.29, 0.717) is 18.4 Å². The molecule has 1 heterocycles. The molecule has 2 aromatic carbocycles. The van der Waals surface area contributed by atoms with Gasteiger partial charge in [-0.2, -0.15) is 5.01 Å². The first kappa shape index (κ1) is 17.7. The number of nitrogens with one attached hydrogen (secondary N) is 2. The molecule has 1 aliphatic heterocycles. The van der Waals surface area contributed by atoms with Gasteiger partial charge in [0.05, 0.1) is 0 Å². The van der Waals surface area contributed by atoms with Gasteiger partial charge in [-0.15, -0.1) is 0 Å². The van der Waals surface area contributed by atoms with E-state index in [1.807, 2.05) is 55.5 Å². The Morgan fingerprint density at radius 2 is 1.65 bits per heavy atom. The van der Waals surface area contributed by atoms with Gasteiger partial charge in [-0.3, -0.25) is 15.0 Å². The van der Waals surface area contributed by atoms with Crippen LogP contribution in [0.2, 0.25) is 0 Å². The highest BCUT2D eigenvalue weighted by Gasteiger charge is 2.52. The van der Waals surface area contributed by atoms with E-state index in [2.05, 4.69) is 10.7 Å². The van der Waals surface area contributed by atoms with Gasteiger partial charge in [-0.1, -0.05) is 67.6 Å². The second-order valence-electron chi connectivity index (χ2n) is 6.22. The summed E-state index contributed by atoms with van der Waals surface area (Å²) in [6.45, 7) is 1.83. The Morgan fingerprint density at radius 1 is 1.04 bits per heavy atom. The molecule has 134 valence electrons. The van der Waals surface area contributed by atoms with Crippen molar-refractivity contribution in [3.8, 4) is 0 Å². The molecule has 2 N–H and O–H groups in total. The van der Waals surface area contributed by atoms with Crippen molar-refractivity contribution in [1.82, 2.24) is 15.8 Å². The molecule has 26 heavy (non-hydrogen) atoms. The van der Waals surface area contributed by atoms with E-state index in [4.69, 9.17) is 0 Å². The van der Waals surface area contributed by atoms with Gasteiger partial charge in [0.1, 0.15) is 5.54 Å². The molecular weight excluding hydrogens is 330 g/mol. The van der Waals surface area contributed by atoms with Crippen LogP contribution in [0.3, 0.4) is 0 Å². The predicted octanol–water partition coefficient (Wildman–Crippen LogP) is 2.51. The molecule has 0 unspecified atom stereocenters. The number of imide groups is 1. The molecule has 0 aromatic heterocycles. The third-order valence-electron chi connectivity index (χ3n) is 4.61. The summed E-state index contributed by atoms with van der Waals surface area (Å²) >= 11 is 0. The average molecular weight is 351 g/mol. The molecule has 4 amide bonds. The Bertz CT molecular complexity index is 808. The monoisotopic (exact) mass is 351 g/mol. The van der Waals surface area contributed by atoms with E-state index >= 15 is 0 Å². The first-order valence-electron chi connectivity index (χ1n) is 8.62. The van der Waals surface area contributed by atoms with Gasteiger partial charge in [0.25, 0.3) is 5.91 Å². The predicted molar refractivity (Wildman–Crippen MR) is 96.7 cm³/mol. The van der Waals surface area contributed by atoms with Crippen LogP contribution in [0.4, 0.5) is 4.79 Å². The maximum Gasteiger partial charge on any atom is 0.344 e. The Hall–Kier alpha value is -3.15. The zero-order chi connectivity index (χ0) is 18.6. The van der Waals surface area contributed by atoms with E-state index in [1.54, 1.807) is 12.1 Å². The van der Waals surface area contributed by atoms with Crippen molar-refractivity contribution < 1.29 is 14.4 Å². The molecular formula is C20H21N3O3. The molecule has 0 aliphatic carbocycles. The standard InChI is InChI=1S/C20H21N3O3/c1-2-20(16-11-7-4-8-12-16)18(25)23(19(26)21-20)22-17(24)14-13-15-9-5-3-6-10-15/h3-12H,2,13-14H2,1H3,(H,21,26)(H,22,24)/t20-/m0/s1. The van der Waals surface area contributed by atoms with Crippen LogP contribution in [0.25, 0.3) is 0 Å². The quantitative estimate of drug-likeness (QED) is 0.785. The van der Waals surface area contributed by atoms with Crippen molar-refractivity contribution in [2.24, 2.45) is 0 Å². The second kappa shape index (κ2) is 7.39. The maximum absolute atomic E-state index is 12.9. The fourth-order valence-corrected chi connectivity index (χ4v) is 3.12. The molecule has 0 radical (unpaired) electrons. The normalized spacial score (nSPS) is 19.3. The molecule has 1 saturated heterocycles. The first-order valence-corrected chi connectivity index (χ1v) is 8.62. The fourth-order valence-electron chi connectivity index (χ4n) is 3.12. The Kier molecular flexibility index (Phi) is 5.02. The number of hydrogen-bond acceptors (Lipinski definition) is 3. The number of carbonyl (C=O) groups is 3. The van der Waals surface area contributed by atoms with Crippen molar-refractivity contribution >= 4 is 17.8 Å². The lowest BCUT2D eigenvalue weighted by Crippen LogP contribution is -2.48. The van der Waals surface area contributed by atoms with Crippen molar-refractivity contribution in [3.05, 3.63) is 71.8 Å². The molecule has 1 aliphatic rings. The first-order chi connectivity index (χ1) is 12.6. The zero-order valence-electron chi connectivity index (χ0n) is 14.6. The fraction of sp³-hybridized carbons (Fsp3) is 0.250. The number of hydrazine groups is 1. The third kappa shape index (κ3) is 3.31. The number of benzene rings is 2. The van der Waals surface area contributed by atoms with Crippen LogP contribution in [-0.2, 0) is 21.5 Å². The van der Waals surface area contributed by atoms with Gasteiger partial charge in [0, 0.05) is 6.42 Å². The van der Waals surface area contributed by atoms with Crippen LogP contribution < -0.4 is 10.7 Å². The minimum Gasteiger partial charge on any atom is -0.318 e. The summed E-state index contributed by atoms with van der Waals surface area (Å²) in [5.41, 5.74) is 3.01. The van der Waals surface area contributed by atoms with Crippen LogP contribution in [0, 0.1) is 0 Å². The molecule has 0 spiro atoms. The highest BCUT2D eigenvalue weighted by molar-refractivity contribution is 6.08. The topological polar surface area (TPSA) is 78.5 Å². The largest absolute Gasteiger partial charge is 0.344 e. The molecule has 6 nitrogen and oxygen atoms in total. The summed E-state index contributed by atoms with van der Waals surface area (Å²) in [5, 5.41) is 3.53. The number of amides is 4. The lowest BCUT2D eigenvalue weighted by Gasteiger charge is -2.25. The molecule has 1 fully saturated rings. The van der Waals surface area contributed by atoms with Gasteiger partial charge < -0.3 is 5.32 Å². The minimum atomic E-state index is -1.15. The van der Waals surface area contributed by atoms with E-state index in [9.17, 15) is 14.4 Å². The number of carbonyl (C=O) groups excluding carboxylic acids is 3. The Balaban J connectivity index is 1.70. The van der Waals surface area contributed by atoms with Crippen LogP contribution in [0.5, 0.6) is 0 Å². The second-order valence-corrected chi connectivity index (χ2v) is 6.22. The number of hydrogen-bond donors (Lipinski definition) is 2. The SMILES string of the molecule is CC[C@@]1(c2ccccc2)NC(=O)N(NC(=O)CCc2ccccc2)C1=O. The van der Waals surface area contributed by atoms with E-state index in [-0.39, 0.29) is 12.3 Å². The molecule has 3 rings (SSSR count). The third-order valence-corrected chi connectivity index (χ3v) is 4.61. The van der Waals surface area contributed by atoms with Crippen molar-refractivity contribution in [3.63, 3.8) is 0 Å². The maximum atomic E-state index is 12.9. The summed E-state index contributed by atoms with van der Waals surface area (Å²) in [5.74, 6) is -0.846. The molecule has 1 atom stereocenters. The number of urea groups is 1. The molecule has 2 aromatic rings. The van der Waals surface area contributed by atoms with Crippen molar-refractivity contribution in [2.75, 3.05) is 0 Å². The lowest BCUT2D eigenvalue weighted by atomic mass is 9.87. The zero-order valence-corrected chi connectivity index (χ0v) is 14.6. The van der Waals surface area contributed by atoms with Crippen LogP contribution in [0.15, 0.2) is 60.7 Å². The van der Waals surface area contributed by atoms with E-state index < -0.39 is 17.5 Å². The number of nitrogens with zero attached hydrogens (tertiary/aromatic N) is 1. The lowest BCUT2D eigenvalue weighted by molar-refractivity contribution is -0.139. The summed E-state index contributed by atoms with van der Waals surface area (Å²) in [4.78, 5) is 37.4. The number of rotatable bonds is 6. The smallest absolute Gasteiger partial charge is 0.318 e. The van der Waals surface area contributed by atoms with Gasteiger partial charge in [-0.05, 0) is 24.0 Å². The van der Waals surface area contributed by atoms with E-state index in [0.717, 1.165) is 10.6 Å². The molecule has 6 heteroatoms. The summed E-state index contributed by atoms with van der Waals surface area (Å²) in [6.07, 6.45) is 1.11. The van der Waals surface area contributed by atoms with E-state index in [1.165, 1.54) is 0 Å². The minimum absolute atomic E-state index is 0.186.